The van der Waals surface area contributed by atoms with Crippen molar-refractivity contribution in [1.29, 1.82) is 0 Å². The highest BCUT2D eigenvalue weighted by Crippen LogP contribution is 2.30. The summed E-state index contributed by atoms with van der Waals surface area (Å²) in [6.45, 7) is 8.42. The van der Waals surface area contributed by atoms with Gasteiger partial charge < -0.3 is 29.9 Å². The minimum absolute atomic E-state index is 0.560. The smallest absolute Gasteiger partial charge is 0.172 e. The summed E-state index contributed by atoms with van der Waals surface area (Å²) in [5.74, 6) is 1.94. The first kappa shape index (κ1) is 18.8. The third-order valence-electron chi connectivity index (χ3n) is 5.96. The van der Waals surface area contributed by atoms with Gasteiger partial charge in [-0.2, -0.15) is 0 Å². The van der Waals surface area contributed by atoms with Gasteiger partial charge in [-0.3, -0.25) is 0 Å². The van der Waals surface area contributed by atoms with Crippen molar-refractivity contribution >= 4 is 28.4 Å². The topological polar surface area (TPSA) is 74.8 Å². The molecule has 3 saturated heterocycles. The van der Waals surface area contributed by atoms with Crippen molar-refractivity contribution in [3.05, 3.63) is 18.2 Å². The molecular weight excluding hydrogens is 368 g/mol. The van der Waals surface area contributed by atoms with Gasteiger partial charge in [-0.1, -0.05) is 0 Å². The van der Waals surface area contributed by atoms with E-state index in [1.807, 2.05) is 0 Å². The van der Waals surface area contributed by atoms with Crippen molar-refractivity contribution in [3.8, 4) is 0 Å². The number of rotatable bonds is 5. The van der Waals surface area contributed by atoms with Crippen LogP contribution >= 0.6 is 0 Å². The Morgan fingerprint density at radius 3 is 2.21 bits per heavy atom. The lowest BCUT2D eigenvalue weighted by molar-refractivity contribution is 0.120. The molecule has 1 aromatic heterocycles. The van der Waals surface area contributed by atoms with Crippen LogP contribution in [-0.4, -0.2) is 81.7 Å². The van der Waals surface area contributed by atoms with Gasteiger partial charge in [0, 0.05) is 44.5 Å². The second-order valence-corrected chi connectivity index (χ2v) is 7.95. The molecule has 1 atom stereocenters. The number of fused-ring (bicyclic) bond motifs is 1. The molecule has 4 heterocycles. The number of nitrogens with zero attached hydrogens (tertiary/aromatic N) is 4. The highest BCUT2D eigenvalue weighted by molar-refractivity contribution is 5.84. The summed E-state index contributed by atoms with van der Waals surface area (Å²) in [5.41, 5.74) is 2.98. The van der Waals surface area contributed by atoms with Crippen LogP contribution in [0.4, 0.5) is 17.3 Å². The highest BCUT2D eigenvalue weighted by atomic mass is 16.5. The Kier molecular flexibility index (Phi) is 5.64. The Hall–Kier alpha value is -2.16. The SMILES string of the molecule is c1cc2nc(N3CCOCC3)c(N3CCOCC3)nc2cc1NC[C@@H]1CCCN1. The molecule has 0 radical (unpaired) electrons. The van der Waals surface area contributed by atoms with Crippen LogP contribution in [0.2, 0.25) is 0 Å². The van der Waals surface area contributed by atoms with Crippen LogP contribution in [0.1, 0.15) is 12.8 Å². The van der Waals surface area contributed by atoms with Crippen molar-refractivity contribution < 1.29 is 9.47 Å². The third-order valence-corrected chi connectivity index (χ3v) is 5.96. The second-order valence-electron chi connectivity index (χ2n) is 7.95. The monoisotopic (exact) mass is 398 g/mol. The van der Waals surface area contributed by atoms with Gasteiger partial charge in [0.15, 0.2) is 11.6 Å². The number of benzene rings is 1. The van der Waals surface area contributed by atoms with E-state index in [4.69, 9.17) is 19.4 Å². The van der Waals surface area contributed by atoms with Gasteiger partial charge >= 0.3 is 0 Å². The van der Waals surface area contributed by atoms with E-state index in [1.165, 1.54) is 12.8 Å². The quantitative estimate of drug-likeness (QED) is 0.784. The van der Waals surface area contributed by atoms with Crippen LogP contribution in [0.25, 0.3) is 11.0 Å². The van der Waals surface area contributed by atoms with E-state index in [9.17, 15) is 0 Å². The summed E-state index contributed by atoms with van der Waals surface area (Å²) < 4.78 is 11.1. The normalized spacial score (nSPS) is 23.0. The van der Waals surface area contributed by atoms with Gasteiger partial charge in [0.2, 0.25) is 0 Å². The lowest BCUT2D eigenvalue weighted by Gasteiger charge is -2.34. The third kappa shape index (κ3) is 4.24. The highest BCUT2D eigenvalue weighted by Gasteiger charge is 2.24. The summed E-state index contributed by atoms with van der Waals surface area (Å²) in [6, 6.07) is 6.89. The van der Waals surface area contributed by atoms with Crippen molar-refractivity contribution in [3.63, 3.8) is 0 Å². The molecule has 8 nitrogen and oxygen atoms in total. The molecule has 1 aromatic carbocycles. The van der Waals surface area contributed by atoms with Crippen LogP contribution < -0.4 is 20.4 Å². The van der Waals surface area contributed by atoms with Crippen molar-refractivity contribution in [1.82, 2.24) is 15.3 Å². The van der Waals surface area contributed by atoms with Crippen molar-refractivity contribution in [2.45, 2.75) is 18.9 Å². The summed E-state index contributed by atoms with van der Waals surface area (Å²) in [6.07, 6.45) is 2.51. The molecule has 0 bridgehead atoms. The van der Waals surface area contributed by atoms with Gasteiger partial charge in [-0.15, -0.1) is 0 Å². The molecule has 3 aliphatic heterocycles. The van der Waals surface area contributed by atoms with Crippen LogP contribution in [0.5, 0.6) is 0 Å². The molecule has 29 heavy (non-hydrogen) atoms. The van der Waals surface area contributed by atoms with E-state index < -0.39 is 0 Å². The van der Waals surface area contributed by atoms with Crippen LogP contribution in [-0.2, 0) is 9.47 Å². The molecule has 0 spiro atoms. The lowest BCUT2D eigenvalue weighted by Crippen LogP contribution is -2.41. The average Bonchev–Trinajstić information content (AvgIpc) is 3.32. The van der Waals surface area contributed by atoms with E-state index in [1.54, 1.807) is 0 Å². The van der Waals surface area contributed by atoms with Gasteiger partial charge in [0.25, 0.3) is 0 Å². The van der Waals surface area contributed by atoms with E-state index >= 15 is 0 Å². The van der Waals surface area contributed by atoms with Gasteiger partial charge in [-0.05, 0) is 37.6 Å². The summed E-state index contributed by atoms with van der Waals surface area (Å²) in [5, 5.41) is 7.10. The van der Waals surface area contributed by atoms with Crippen molar-refractivity contribution in [2.75, 3.05) is 80.8 Å². The van der Waals surface area contributed by atoms with E-state index in [-0.39, 0.29) is 0 Å². The first-order valence-corrected chi connectivity index (χ1v) is 10.8. The lowest BCUT2D eigenvalue weighted by atomic mass is 10.2. The summed E-state index contributed by atoms with van der Waals surface area (Å²) >= 11 is 0. The van der Waals surface area contributed by atoms with Crippen LogP contribution in [0.15, 0.2) is 18.2 Å². The Morgan fingerprint density at radius 2 is 1.59 bits per heavy atom. The Morgan fingerprint density at radius 1 is 0.931 bits per heavy atom. The predicted molar refractivity (Wildman–Crippen MR) is 115 cm³/mol. The minimum Gasteiger partial charge on any atom is -0.383 e. The maximum absolute atomic E-state index is 5.55. The Labute approximate surface area is 171 Å². The molecule has 0 aliphatic carbocycles. The largest absolute Gasteiger partial charge is 0.383 e. The van der Waals surface area contributed by atoms with E-state index in [0.29, 0.717) is 6.04 Å². The predicted octanol–water partition coefficient (Wildman–Crippen LogP) is 1.47. The number of aromatic nitrogens is 2. The zero-order valence-corrected chi connectivity index (χ0v) is 16.9. The molecule has 3 aliphatic rings. The first-order chi connectivity index (χ1) is 14.4. The maximum atomic E-state index is 5.55. The molecule has 8 heteroatoms. The van der Waals surface area contributed by atoms with Gasteiger partial charge in [0.1, 0.15) is 0 Å². The standard InChI is InChI=1S/C21H30N6O2/c1-2-17(22-5-1)15-23-16-3-4-18-19(14-16)25-21(27-8-12-29-13-9-27)20(24-18)26-6-10-28-11-7-26/h3-4,14,17,22-23H,1-2,5-13,15H2/t17-/m0/s1. The molecule has 0 saturated carbocycles. The zero-order valence-electron chi connectivity index (χ0n) is 16.9. The molecular formula is C21H30N6O2. The number of anilines is 3. The average molecular weight is 399 g/mol. The maximum Gasteiger partial charge on any atom is 0.172 e. The minimum atomic E-state index is 0.560. The molecule has 3 fully saturated rings. The molecule has 156 valence electrons. The molecule has 2 aromatic rings. The number of morpholine rings is 2. The fraction of sp³-hybridized carbons (Fsp3) is 0.619. The fourth-order valence-electron chi connectivity index (χ4n) is 4.29. The number of hydrogen-bond acceptors (Lipinski definition) is 8. The number of nitrogens with one attached hydrogen (secondary N) is 2. The Bertz CT molecular complexity index is 829. The fourth-order valence-corrected chi connectivity index (χ4v) is 4.29. The molecule has 2 N–H and O–H groups in total. The first-order valence-electron chi connectivity index (χ1n) is 10.8. The number of hydrogen-bond donors (Lipinski definition) is 2. The second kappa shape index (κ2) is 8.69. The van der Waals surface area contributed by atoms with E-state index in [2.05, 4.69) is 38.6 Å². The summed E-state index contributed by atoms with van der Waals surface area (Å²) in [7, 11) is 0. The van der Waals surface area contributed by atoms with Crippen molar-refractivity contribution in [2.24, 2.45) is 0 Å². The van der Waals surface area contributed by atoms with Crippen LogP contribution in [0.3, 0.4) is 0 Å². The van der Waals surface area contributed by atoms with E-state index in [0.717, 1.165) is 94.1 Å². The van der Waals surface area contributed by atoms with Gasteiger partial charge in [0.05, 0.1) is 37.5 Å². The molecule has 0 unspecified atom stereocenters. The summed E-state index contributed by atoms with van der Waals surface area (Å²) in [4.78, 5) is 14.7. The molecule has 0 amide bonds. The molecule has 5 rings (SSSR count). The number of ether oxygens (including phenoxy) is 2. The van der Waals surface area contributed by atoms with Gasteiger partial charge in [-0.25, -0.2) is 9.97 Å². The zero-order chi connectivity index (χ0) is 19.5. The Balaban J connectivity index is 1.45. The van der Waals surface area contributed by atoms with Crippen LogP contribution in [0, 0.1) is 0 Å².